The number of aromatic nitrogens is 2. The highest BCUT2D eigenvalue weighted by molar-refractivity contribution is 5.92. The molecule has 0 spiro atoms. The van der Waals surface area contributed by atoms with E-state index in [1.165, 1.54) is 0 Å². The topological polar surface area (TPSA) is 53.5 Å². The average molecular weight is 486 g/mol. The smallest absolute Gasteiger partial charge is 0.247 e. The Morgan fingerprint density at radius 2 is 1.42 bits per heavy atom. The number of hydrogen-bond donors (Lipinski definition) is 1. The van der Waals surface area contributed by atoms with Crippen molar-refractivity contribution < 1.29 is 4.74 Å². The molecule has 0 radical (unpaired) electrons. The molecule has 0 saturated heterocycles. The lowest BCUT2D eigenvalue weighted by atomic mass is 10.2. The van der Waals surface area contributed by atoms with Crippen molar-refractivity contribution in [1.29, 1.82) is 0 Å². The summed E-state index contributed by atoms with van der Waals surface area (Å²) in [6.45, 7) is 5.94. The fourth-order valence-corrected chi connectivity index (χ4v) is 3.55. The Kier molecular flexibility index (Phi) is 9.73. The van der Waals surface area contributed by atoms with Crippen LogP contribution >= 0.6 is 24.8 Å². The molecule has 6 nitrogen and oxygen atoms in total. The Morgan fingerprint density at radius 1 is 0.788 bits per heavy atom. The third-order valence-electron chi connectivity index (χ3n) is 5.15. The summed E-state index contributed by atoms with van der Waals surface area (Å²) >= 11 is 0. The number of benzene rings is 3. The van der Waals surface area contributed by atoms with Gasteiger partial charge in [0.15, 0.2) is 0 Å². The van der Waals surface area contributed by atoms with Gasteiger partial charge in [0, 0.05) is 24.2 Å². The third-order valence-corrected chi connectivity index (χ3v) is 5.15. The van der Waals surface area contributed by atoms with E-state index in [-0.39, 0.29) is 24.8 Å². The summed E-state index contributed by atoms with van der Waals surface area (Å²) in [6.07, 6.45) is 0. The Morgan fingerprint density at radius 3 is 2.06 bits per heavy atom. The Bertz CT molecular complexity index is 1140. The summed E-state index contributed by atoms with van der Waals surface area (Å²) in [7, 11) is 1.66. The van der Waals surface area contributed by atoms with Gasteiger partial charge >= 0.3 is 0 Å². The highest BCUT2D eigenvalue weighted by atomic mass is 35.5. The molecule has 4 aromatic rings. The number of halogens is 2. The number of para-hydroxylation sites is 2. The van der Waals surface area contributed by atoms with Gasteiger partial charge in [-0.25, -0.2) is 15.0 Å². The number of hydrazine groups is 1. The molecule has 3 aromatic carbocycles. The molecule has 0 aliphatic rings. The fraction of sp³-hybridized carbons (Fsp3) is 0.200. The monoisotopic (exact) mass is 485 g/mol. The molecular weight excluding hydrogens is 457 g/mol. The predicted molar refractivity (Wildman–Crippen MR) is 142 cm³/mol. The molecular formula is C25H29Cl2N5O. The van der Waals surface area contributed by atoms with Gasteiger partial charge in [-0.1, -0.05) is 44.2 Å². The van der Waals surface area contributed by atoms with Gasteiger partial charge in [-0.2, -0.15) is 4.98 Å². The normalized spacial score (nSPS) is 10.3. The van der Waals surface area contributed by atoms with Gasteiger partial charge in [-0.05, 0) is 48.5 Å². The number of rotatable bonds is 8. The second-order valence-corrected chi connectivity index (χ2v) is 7.03. The van der Waals surface area contributed by atoms with E-state index < -0.39 is 0 Å². The lowest BCUT2D eigenvalue weighted by molar-refractivity contribution is 0.304. The van der Waals surface area contributed by atoms with Crippen molar-refractivity contribution >= 4 is 58.9 Å². The number of hydrogen-bond acceptors (Lipinski definition) is 6. The predicted octanol–water partition coefficient (Wildman–Crippen LogP) is 6.62. The summed E-state index contributed by atoms with van der Waals surface area (Å²) in [4.78, 5) is 9.87. The van der Waals surface area contributed by atoms with E-state index in [1.807, 2.05) is 66.7 Å². The maximum Gasteiger partial charge on any atom is 0.247 e. The summed E-state index contributed by atoms with van der Waals surface area (Å²) in [5.41, 5.74) is 2.85. The van der Waals surface area contributed by atoms with Crippen LogP contribution in [0.15, 0.2) is 78.9 Å². The second-order valence-electron chi connectivity index (χ2n) is 7.03. The molecule has 0 atom stereocenters. The van der Waals surface area contributed by atoms with Gasteiger partial charge in [0.25, 0.3) is 0 Å². The van der Waals surface area contributed by atoms with Crippen molar-refractivity contribution in [3.8, 4) is 5.75 Å². The standard InChI is InChI=1S/C25H27N5O.2ClH/c1-4-29(5-2)30(20-11-7-6-8-12-20)25-27-23-14-10-9-13-22(23)24(28-25)26-19-15-17-21(31-3)18-16-19;;/h6-18H,4-5H2,1-3H3,(H,26,27,28);2*1H. The molecule has 0 aliphatic carbocycles. The van der Waals surface area contributed by atoms with E-state index in [0.29, 0.717) is 5.95 Å². The fourth-order valence-electron chi connectivity index (χ4n) is 3.55. The van der Waals surface area contributed by atoms with Crippen molar-refractivity contribution in [1.82, 2.24) is 15.0 Å². The summed E-state index contributed by atoms with van der Waals surface area (Å²) in [6, 6.07) is 26.1. The quantitative estimate of drug-likeness (QED) is 0.283. The molecule has 1 aromatic heterocycles. The molecule has 0 saturated carbocycles. The number of ether oxygens (including phenoxy) is 1. The van der Waals surface area contributed by atoms with Crippen LogP contribution in [0.1, 0.15) is 13.8 Å². The molecule has 33 heavy (non-hydrogen) atoms. The van der Waals surface area contributed by atoms with Crippen molar-refractivity contribution in [3.63, 3.8) is 0 Å². The van der Waals surface area contributed by atoms with E-state index in [1.54, 1.807) is 7.11 Å². The zero-order valence-corrected chi connectivity index (χ0v) is 20.6. The van der Waals surface area contributed by atoms with E-state index in [0.717, 1.165) is 46.9 Å². The lowest BCUT2D eigenvalue weighted by Crippen LogP contribution is -2.40. The Balaban J connectivity index is 0.00000193. The molecule has 4 rings (SSSR count). The molecule has 0 aliphatic heterocycles. The summed E-state index contributed by atoms with van der Waals surface area (Å²) in [5, 5.41) is 8.74. The van der Waals surface area contributed by atoms with Crippen LogP contribution in [0.3, 0.4) is 0 Å². The first kappa shape index (κ1) is 26.2. The maximum absolute atomic E-state index is 5.27. The van der Waals surface area contributed by atoms with Crippen LogP contribution in [0.25, 0.3) is 10.9 Å². The van der Waals surface area contributed by atoms with Crippen LogP contribution in [0.4, 0.5) is 23.1 Å². The Labute approximate surface area is 207 Å². The van der Waals surface area contributed by atoms with Gasteiger partial charge in [0.1, 0.15) is 11.6 Å². The number of methoxy groups -OCH3 is 1. The molecule has 0 amide bonds. The van der Waals surface area contributed by atoms with E-state index >= 15 is 0 Å². The molecule has 0 unspecified atom stereocenters. The Hall–Kier alpha value is -3.06. The van der Waals surface area contributed by atoms with Gasteiger partial charge in [0.2, 0.25) is 5.95 Å². The first-order valence-electron chi connectivity index (χ1n) is 10.5. The maximum atomic E-state index is 5.27. The van der Waals surface area contributed by atoms with Crippen molar-refractivity contribution in [2.45, 2.75) is 13.8 Å². The van der Waals surface area contributed by atoms with E-state index in [9.17, 15) is 0 Å². The van der Waals surface area contributed by atoms with Crippen LogP contribution in [-0.4, -0.2) is 35.2 Å². The summed E-state index contributed by atoms with van der Waals surface area (Å²) < 4.78 is 5.27. The summed E-state index contributed by atoms with van der Waals surface area (Å²) in [5.74, 6) is 2.21. The largest absolute Gasteiger partial charge is 0.497 e. The highest BCUT2D eigenvalue weighted by Crippen LogP contribution is 2.31. The van der Waals surface area contributed by atoms with Crippen molar-refractivity contribution in [3.05, 3.63) is 78.9 Å². The van der Waals surface area contributed by atoms with Crippen LogP contribution < -0.4 is 15.1 Å². The first-order valence-corrected chi connectivity index (χ1v) is 10.5. The molecule has 8 heteroatoms. The number of nitrogens with zero attached hydrogens (tertiary/aromatic N) is 4. The van der Waals surface area contributed by atoms with Crippen LogP contribution in [-0.2, 0) is 0 Å². The molecule has 0 fully saturated rings. The molecule has 1 N–H and O–H groups in total. The molecule has 1 heterocycles. The minimum absolute atomic E-state index is 0. The number of anilines is 4. The lowest BCUT2D eigenvalue weighted by Gasteiger charge is -2.33. The van der Waals surface area contributed by atoms with Gasteiger partial charge in [-0.15, -0.1) is 24.8 Å². The zero-order valence-electron chi connectivity index (χ0n) is 18.9. The minimum Gasteiger partial charge on any atom is -0.497 e. The first-order chi connectivity index (χ1) is 15.2. The van der Waals surface area contributed by atoms with E-state index in [2.05, 4.69) is 41.3 Å². The van der Waals surface area contributed by atoms with Gasteiger partial charge < -0.3 is 10.1 Å². The third kappa shape index (κ3) is 5.85. The minimum atomic E-state index is 0. The number of fused-ring (bicyclic) bond motifs is 1. The van der Waals surface area contributed by atoms with Crippen LogP contribution in [0.2, 0.25) is 0 Å². The molecule has 0 bridgehead atoms. The van der Waals surface area contributed by atoms with Crippen LogP contribution in [0.5, 0.6) is 5.75 Å². The van der Waals surface area contributed by atoms with Gasteiger partial charge in [0.05, 0.1) is 18.3 Å². The van der Waals surface area contributed by atoms with Gasteiger partial charge in [-0.3, -0.25) is 0 Å². The van der Waals surface area contributed by atoms with E-state index in [4.69, 9.17) is 14.7 Å². The SMILES string of the molecule is CCN(CC)N(c1ccccc1)c1nc(Nc2ccc(OC)cc2)c2ccccc2n1.Cl.Cl. The zero-order chi connectivity index (χ0) is 21.6. The second kappa shape index (κ2) is 12.3. The van der Waals surface area contributed by atoms with Crippen molar-refractivity contribution in [2.24, 2.45) is 0 Å². The average Bonchev–Trinajstić information content (AvgIpc) is 2.83. The highest BCUT2D eigenvalue weighted by Gasteiger charge is 2.20. The van der Waals surface area contributed by atoms with Crippen molar-refractivity contribution in [2.75, 3.05) is 30.5 Å². The molecule has 174 valence electrons. The van der Waals surface area contributed by atoms with Crippen LogP contribution in [0, 0.1) is 0 Å². The number of nitrogens with one attached hydrogen (secondary N) is 1.